The Balaban J connectivity index is 1.39. The van der Waals surface area contributed by atoms with Gasteiger partial charge in [-0.15, -0.1) is 0 Å². The Kier molecular flexibility index (Phi) is 7.37. The molecule has 35 heavy (non-hydrogen) atoms. The predicted octanol–water partition coefficient (Wildman–Crippen LogP) is 2.37. The minimum Gasteiger partial charge on any atom is -0.479 e. The van der Waals surface area contributed by atoms with Crippen LogP contribution in [0.3, 0.4) is 0 Å². The number of amides is 2. The van der Waals surface area contributed by atoms with E-state index in [1.807, 2.05) is 36.4 Å². The van der Waals surface area contributed by atoms with Gasteiger partial charge in [-0.05, 0) is 22.3 Å². The third-order valence-electron chi connectivity index (χ3n) is 6.84. The summed E-state index contributed by atoms with van der Waals surface area (Å²) in [5, 5.41) is 22.0. The number of nitrogens with one attached hydrogen (secondary N) is 1. The summed E-state index contributed by atoms with van der Waals surface area (Å²) in [6.07, 6.45) is -0.619. The van der Waals surface area contributed by atoms with Gasteiger partial charge >= 0.3 is 12.1 Å². The highest BCUT2D eigenvalue weighted by atomic mass is 16.5. The fraction of sp³-hybridized carbons (Fsp3) is 0.423. The largest absolute Gasteiger partial charge is 0.479 e. The molecular weight excluding hydrogens is 452 g/mol. The number of hydrogen-bond acceptors (Lipinski definition) is 6. The van der Waals surface area contributed by atoms with Crippen LogP contribution >= 0.6 is 0 Å². The summed E-state index contributed by atoms with van der Waals surface area (Å²) in [4.78, 5) is 38.5. The van der Waals surface area contributed by atoms with Crippen molar-refractivity contribution in [2.45, 2.75) is 36.8 Å². The van der Waals surface area contributed by atoms with E-state index >= 15 is 0 Å². The summed E-state index contributed by atoms with van der Waals surface area (Å²) in [6, 6.07) is 15.2. The number of methoxy groups -OCH3 is 1. The quantitative estimate of drug-likeness (QED) is 0.527. The SMILES string of the molecule is COCCC(NC(=O)OCC1c2ccccc2-c2ccccc21)C(=O)N1CCC(O)(C(=O)O)CC1. The van der Waals surface area contributed by atoms with E-state index in [1.165, 1.54) is 12.0 Å². The van der Waals surface area contributed by atoms with Crippen molar-refractivity contribution in [3.8, 4) is 11.1 Å². The smallest absolute Gasteiger partial charge is 0.407 e. The van der Waals surface area contributed by atoms with E-state index < -0.39 is 23.7 Å². The van der Waals surface area contributed by atoms with E-state index in [-0.39, 0.29) is 57.4 Å². The molecule has 4 rings (SSSR count). The highest BCUT2D eigenvalue weighted by molar-refractivity contribution is 5.86. The number of carboxylic acids is 1. The van der Waals surface area contributed by atoms with Gasteiger partial charge in [-0.1, -0.05) is 48.5 Å². The lowest BCUT2D eigenvalue weighted by Gasteiger charge is -2.37. The zero-order chi connectivity index (χ0) is 25.0. The maximum atomic E-state index is 13.1. The molecule has 1 saturated heterocycles. The number of aliphatic carboxylic acids is 1. The first-order valence-electron chi connectivity index (χ1n) is 11.7. The van der Waals surface area contributed by atoms with E-state index in [1.54, 1.807) is 0 Å². The second-order valence-electron chi connectivity index (χ2n) is 8.97. The third-order valence-corrected chi connectivity index (χ3v) is 6.84. The lowest BCUT2D eigenvalue weighted by Crippen LogP contribution is -2.55. The van der Waals surface area contributed by atoms with Crippen LogP contribution in [0.4, 0.5) is 4.79 Å². The predicted molar refractivity (Wildman–Crippen MR) is 127 cm³/mol. The van der Waals surface area contributed by atoms with Gasteiger partial charge in [-0.3, -0.25) is 4.79 Å². The number of hydrogen-bond donors (Lipinski definition) is 3. The number of carbonyl (C=O) groups excluding carboxylic acids is 2. The molecule has 0 radical (unpaired) electrons. The summed E-state index contributed by atoms with van der Waals surface area (Å²) in [7, 11) is 1.50. The molecule has 186 valence electrons. The molecule has 1 aliphatic heterocycles. The molecule has 0 bridgehead atoms. The van der Waals surface area contributed by atoms with Crippen LogP contribution in [0.15, 0.2) is 48.5 Å². The Labute approximate surface area is 203 Å². The summed E-state index contributed by atoms with van der Waals surface area (Å²) in [5.41, 5.74) is 2.59. The van der Waals surface area contributed by atoms with Crippen LogP contribution in [0.1, 0.15) is 36.3 Å². The number of nitrogens with zero attached hydrogens (tertiary/aromatic N) is 1. The molecule has 1 fully saturated rings. The van der Waals surface area contributed by atoms with Gasteiger partial charge in [0.2, 0.25) is 5.91 Å². The van der Waals surface area contributed by atoms with Crippen molar-refractivity contribution in [2.24, 2.45) is 0 Å². The minimum absolute atomic E-state index is 0.0734. The summed E-state index contributed by atoms with van der Waals surface area (Å²) in [6.45, 7) is 0.530. The molecule has 9 nitrogen and oxygen atoms in total. The second-order valence-corrected chi connectivity index (χ2v) is 8.97. The highest BCUT2D eigenvalue weighted by Gasteiger charge is 2.41. The first kappa shape index (κ1) is 24.7. The number of alkyl carbamates (subject to hydrolysis) is 1. The number of carboxylic acid groups (broad SMARTS) is 1. The van der Waals surface area contributed by atoms with E-state index in [2.05, 4.69) is 17.4 Å². The van der Waals surface area contributed by atoms with Crippen molar-refractivity contribution in [2.75, 3.05) is 33.4 Å². The van der Waals surface area contributed by atoms with Crippen LogP contribution in [-0.2, 0) is 19.1 Å². The zero-order valence-electron chi connectivity index (χ0n) is 19.6. The van der Waals surface area contributed by atoms with Crippen LogP contribution in [0, 0.1) is 0 Å². The fourth-order valence-electron chi connectivity index (χ4n) is 4.81. The average Bonchev–Trinajstić information content (AvgIpc) is 3.19. The van der Waals surface area contributed by atoms with Gasteiger partial charge in [0.1, 0.15) is 12.6 Å². The molecular formula is C26H30N2O7. The number of carbonyl (C=O) groups is 3. The van der Waals surface area contributed by atoms with Crippen molar-refractivity contribution in [1.82, 2.24) is 10.2 Å². The number of rotatable bonds is 8. The van der Waals surface area contributed by atoms with E-state index in [0.717, 1.165) is 22.3 Å². The Bertz CT molecular complexity index is 1050. The molecule has 1 atom stereocenters. The van der Waals surface area contributed by atoms with Gasteiger partial charge in [0.25, 0.3) is 0 Å². The van der Waals surface area contributed by atoms with E-state index in [4.69, 9.17) is 9.47 Å². The van der Waals surface area contributed by atoms with E-state index in [0.29, 0.717) is 0 Å². The first-order valence-corrected chi connectivity index (χ1v) is 11.7. The molecule has 2 aromatic carbocycles. The fourth-order valence-corrected chi connectivity index (χ4v) is 4.81. The number of likely N-dealkylation sites (tertiary alicyclic amines) is 1. The topological polar surface area (TPSA) is 125 Å². The van der Waals surface area contributed by atoms with Crippen molar-refractivity contribution in [3.05, 3.63) is 59.7 Å². The van der Waals surface area contributed by atoms with Crippen LogP contribution in [0.25, 0.3) is 11.1 Å². The normalized spacial score (nSPS) is 17.3. The summed E-state index contributed by atoms with van der Waals surface area (Å²) < 4.78 is 10.7. The van der Waals surface area contributed by atoms with Gasteiger partial charge in [0.15, 0.2) is 5.60 Å². The minimum atomic E-state index is -1.83. The molecule has 2 aromatic rings. The standard InChI is InChI=1S/C26H30N2O7/c1-34-15-10-22(23(29)28-13-11-26(33,12-14-28)24(30)31)27-25(32)35-16-21-19-8-4-2-6-17(19)18-7-3-5-9-20(18)21/h2-9,21-22,33H,10-16H2,1H3,(H,27,32)(H,30,31). The molecule has 2 aliphatic rings. The van der Waals surface area contributed by atoms with Crippen LogP contribution in [-0.4, -0.2) is 78.1 Å². The average molecular weight is 483 g/mol. The number of fused-ring (bicyclic) bond motifs is 3. The van der Waals surface area contributed by atoms with Gasteiger partial charge in [0, 0.05) is 52.0 Å². The van der Waals surface area contributed by atoms with Gasteiger partial charge in [0.05, 0.1) is 0 Å². The maximum Gasteiger partial charge on any atom is 0.407 e. The molecule has 9 heteroatoms. The van der Waals surface area contributed by atoms with E-state index in [9.17, 15) is 24.6 Å². The lowest BCUT2D eigenvalue weighted by molar-refractivity contribution is -0.165. The van der Waals surface area contributed by atoms with Crippen molar-refractivity contribution in [3.63, 3.8) is 0 Å². The monoisotopic (exact) mass is 482 g/mol. The summed E-state index contributed by atoms with van der Waals surface area (Å²) >= 11 is 0. The summed E-state index contributed by atoms with van der Waals surface area (Å²) in [5.74, 6) is -1.75. The molecule has 1 aliphatic carbocycles. The van der Waals surface area contributed by atoms with Crippen LogP contribution in [0.5, 0.6) is 0 Å². The van der Waals surface area contributed by atoms with Crippen molar-refractivity contribution in [1.29, 1.82) is 0 Å². The molecule has 0 spiro atoms. The van der Waals surface area contributed by atoms with Gasteiger partial charge in [-0.25, -0.2) is 9.59 Å². The Morgan fingerprint density at radius 2 is 1.63 bits per heavy atom. The number of ether oxygens (including phenoxy) is 2. The Morgan fingerprint density at radius 3 is 2.17 bits per heavy atom. The second kappa shape index (κ2) is 10.5. The molecule has 1 heterocycles. The molecule has 2 amide bonds. The van der Waals surface area contributed by atoms with Crippen LogP contribution in [0.2, 0.25) is 0 Å². The molecule has 0 aromatic heterocycles. The number of benzene rings is 2. The van der Waals surface area contributed by atoms with Gasteiger partial charge < -0.3 is 29.9 Å². The number of aliphatic hydroxyl groups is 1. The van der Waals surface area contributed by atoms with Crippen LogP contribution < -0.4 is 5.32 Å². The molecule has 1 unspecified atom stereocenters. The number of piperidine rings is 1. The molecule has 3 N–H and O–H groups in total. The molecule has 0 saturated carbocycles. The van der Waals surface area contributed by atoms with Crippen molar-refractivity contribution >= 4 is 18.0 Å². The Morgan fingerprint density at radius 1 is 1.06 bits per heavy atom. The van der Waals surface area contributed by atoms with Crippen molar-refractivity contribution < 1.29 is 34.1 Å². The lowest BCUT2D eigenvalue weighted by atomic mass is 9.91. The Hall–Kier alpha value is -3.43. The maximum absolute atomic E-state index is 13.1. The highest BCUT2D eigenvalue weighted by Crippen LogP contribution is 2.44. The third kappa shape index (κ3) is 5.16. The first-order chi connectivity index (χ1) is 16.8. The van der Waals surface area contributed by atoms with Gasteiger partial charge in [-0.2, -0.15) is 0 Å². The zero-order valence-corrected chi connectivity index (χ0v) is 19.6.